The first-order valence-corrected chi connectivity index (χ1v) is 5.64. The van der Waals surface area contributed by atoms with Crippen molar-refractivity contribution in [1.29, 1.82) is 0 Å². The lowest BCUT2D eigenvalue weighted by Crippen LogP contribution is -2.34. The Hall–Kier alpha value is -1.35. The van der Waals surface area contributed by atoms with Crippen molar-refractivity contribution < 1.29 is 9.53 Å². The third-order valence-corrected chi connectivity index (χ3v) is 2.45. The molecule has 1 aromatic rings. The maximum Gasteiger partial charge on any atom is 0.252 e. The number of amides is 1. The highest BCUT2D eigenvalue weighted by molar-refractivity contribution is 5.94. The number of benzene rings is 1. The zero-order valence-corrected chi connectivity index (χ0v) is 10.2. The van der Waals surface area contributed by atoms with E-state index in [0.717, 1.165) is 11.3 Å². The molecule has 3 nitrogen and oxygen atoms in total. The number of carbonyl (C=O) groups is 1. The van der Waals surface area contributed by atoms with Crippen LogP contribution in [0.1, 0.15) is 19.4 Å². The molecule has 0 aliphatic carbocycles. The Bertz CT molecular complexity index is 350. The van der Waals surface area contributed by atoms with E-state index in [4.69, 9.17) is 4.74 Å². The number of aryl methyl sites for hydroxylation is 1. The lowest BCUT2D eigenvalue weighted by molar-refractivity contribution is -0.122. The molecule has 0 bridgehead atoms. The number of ether oxygens (including phenoxy) is 1. The van der Waals surface area contributed by atoms with E-state index in [0.29, 0.717) is 13.2 Å². The molecule has 0 radical (unpaired) electrons. The summed E-state index contributed by atoms with van der Waals surface area (Å²) in [6, 6.07) is 7.88. The summed E-state index contributed by atoms with van der Waals surface area (Å²) < 4.78 is 5.15. The number of anilines is 1. The largest absolute Gasteiger partial charge is 0.372 e. The Kier molecular flexibility index (Phi) is 4.99. The fourth-order valence-electron chi connectivity index (χ4n) is 1.61. The van der Waals surface area contributed by atoms with Crippen LogP contribution in [-0.2, 0) is 9.53 Å². The Balaban J connectivity index is 2.82. The maximum absolute atomic E-state index is 11.9. The minimum Gasteiger partial charge on any atom is -0.372 e. The normalized spacial score (nSPS) is 10.2. The molecule has 0 aliphatic heterocycles. The topological polar surface area (TPSA) is 29.5 Å². The Morgan fingerprint density at radius 2 is 2.00 bits per heavy atom. The van der Waals surface area contributed by atoms with Gasteiger partial charge < -0.3 is 9.64 Å². The number of para-hydroxylation sites is 1. The van der Waals surface area contributed by atoms with E-state index in [2.05, 4.69) is 0 Å². The molecule has 3 heteroatoms. The van der Waals surface area contributed by atoms with Gasteiger partial charge in [-0.25, -0.2) is 0 Å². The van der Waals surface area contributed by atoms with Gasteiger partial charge in [0, 0.05) is 18.8 Å². The summed E-state index contributed by atoms with van der Waals surface area (Å²) in [5, 5.41) is 0. The summed E-state index contributed by atoms with van der Waals surface area (Å²) in [5.41, 5.74) is 2.07. The second kappa shape index (κ2) is 6.28. The predicted molar refractivity (Wildman–Crippen MR) is 65.7 cm³/mol. The van der Waals surface area contributed by atoms with Gasteiger partial charge in [0.25, 0.3) is 5.91 Å². The molecule has 16 heavy (non-hydrogen) atoms. The van der Waals surface area contributed by atoms with Crippen LogP contribution in [-0.4, -0.2) is 25.7 Å². The number of likely N-dealkylation sites (N-methyl/N-ethyl adjacent to an activating group) is 1. The highest BCUT2D eigenvalue weighted by Crippen LogP contribution is 2.19. The second-order valence-corrected chi connectivity index (χ2v) is 3.56. The van der Waals surface area contributed by atoms with Crippen molar-refractivity contribution in [2.45, 2.75) is 20.8 Å². The molecule has 0 saturated heterocycles. The van der Waals surface area contributed by atoms with Gasteiger partial charge >= 0.3 is 0 Å². The predicted octanol–water partition coefficient (Wildman–Crippen LogP) is 2.38. The van der Waals surface area contributed by atoms with Gasteiger partial charge in [-0.3, -0.25) is 4.79 Å². The van der Waals surface area contributed by atoms with E-state index in [9.17, 15) is 4.79 Å². The molecule has 1 amide bonds. The van der Waals surface area contributed by atoms with E-state index >= 15 is 0 Å². The van der Waals surface area contributed by atoms with Crippen LogP contribution < -0.4 is 4.90 Å². The van der Waals surface area contributed by atoms with Crippen LogP contribution in [0.15, 0.2) is 24.3 Å². The first-order chi connectivity index (χ1) is 7.70. The third kappa shape index (κ3) is 3.07. The van der Waals surface area contributed by atoms with Crippen molar-refractivity contribution in [2.75, 3.05) is 24.7 Å². The molecule has 0 atom stereocenters. The summed E-state index contributed by atoms with van der Waals surface area (Å²) >= 11 is 0. The van der Waals surface area contributed by atoms with E-state index in [-0.39, 0.29) is 12.5 Å². The highest BCUT2D eigenvalue weighted by Gasteiger charge is 2.14. The number of nitrogens with zero attached hydrogens (tertiary/aromatic N) is 1. The molecule has 1 rings (SSSR count). The molecule has 1 aromatic carbocycles. The van der Waals surface area contributed by atoms with E-state index in [1.165, 1.54) is 0 Å². The van der Waals surface area contributed by atoms with Crippen molar-refractivity contribution >= 4 is 11.6 Å². The third-order valence-electron chi connectivity index (χ3n) is 2.45. The second-order valence-electron chi connectivity index (χ2n) is 3.56. The molecule has 0 spiro atoms. The van der Waals surface area contributed by atoms with Crippen LogP contribution in [0.5, 0.6) is 0 Å². The van der Waals surface area contributed by atoms with E-state index in [1.807, 2.05) is 45.0 Å². The molecular weight excluding hydrogens is 202 g/mol. The fraction of sp³-hybridized carbons (Fsp3) is 0.462. The van der Waals surface area contributed by atoms with Crippen LogP contribution in [0.25, 0.3) is 0 Å². The van der Waals surface area contributed by atoms with Gasteiger partial charge in [0.1, 0.15) is 6.61 Å². The Labute approximate surface area is 97.0 Å². The summed E-state index contributed by atoms with van der Waals surface area (Å²) in [6.45, 7) is 7.24. The average molecular weight is 221 g/mol. The monoisotopic (exact) mass is 221 g/mol. The van der Waals surface area contributed by atoms with Crippen molar-refractivity contribution in [3.8, 4) is 0 Å². The lowest BCUT2D eigenvalue weighted by Gasteiger charge is -2.22. The number of rotatable bonds is 5. The van der Waals surface area contributed by atoms with Crippen LogP contribution in [0.3, 0.4) is 0 Å². The Morgan fingerprint density at radius 1 is 1.31 bits per heavy atom. The SMILES string of the molecule is CCOCC(=O)N(CC)c1ccccc1C. The Morgan fingerprint density at radius 3 is 2.56 bits per heavy atom. The van der Waals surface area contributed by atoms with E-state index < -0.39 is 0 Å². The van der Waals surface area contributed by atoms with Crippen LogP contribution >= 0.6 is 0 Å². The van der Waals surface area contributed by atoms with Crippen molar-refractivity contribution in [1.82, 2.24) is 0 Å². The lowest BCUT2D eigenvalue weighted by atomic mass is 10.2. The highest BCUT2D eigenvalue weighted by atomic mass is 16.5. The van der Waals surface area contributed by atoms with Gasteiger partial charge in [-0.2, -0.15) is 0 Å². The summed E-state index contributed by atoms with van der Waals surface area (Å²) in [5.74, 6) is 0.0126. The fourth-order valence-corrected chi connectivity index (χ4v) is 1.61. The van der Waals surface area contributed by atoms with Crippen LogP contribution in [0, 0.1) is 6.92 Å². The van der Waals surface area contributed by atoms with Gasteiger partial charge in [0.2, 0.25) is 0 Å². The van der Waals surface area contributed by atoms with Crippen LogP contribution in [0.2, 0.25) is 0 Å². The molecule has 88 valence electrons. The molecule has 0 saturated carbocycles. The average Bonchev–Trinajstić information content (AvgIpc) is 2.30. The molecule has 0 heterocycles. The molecule has 0 aromatic heterocycles. The zero-order chi connectivity index (χ0) is 12.0. The summed E-state index contributed by atoms with van der Waals surface area (Å²) in [4.78, 5) is 13.6. The van der Waals surface area contributed by atoms with Gasteiger partial charge in [0.05, 0.1) is 0 Å². The van der Waals surface area contributed by atoms with Crippen molar-refractivity contribution in [2.24, 2.45) is 0 Å². The van der Waals surface area contributed by atoms with Crippen molar-refractivity contribution in [3.05, 3.63) is 29.8 Å². The van der Waals surface area contributed by atoms with Gasteiger partial charge in [-0.05, 0) is 32.4 Å². The summed E-state index contributed by atoms with van der Waals surface area (Å²) in [6.07, 6.45) is 0. The van der Waals surface area contributed by atoms with E-state index in [1.54, 1.807) is 4.90 Å². The molecule has 0 N–H and O–H groups in total. The van der Waals surface area contributed by atoms with Gasteiger partial charge in [-0.1, -0.05) is 18.2 Å². The molecular formula is C13H19NO2. The number of hydrogen-bond acceptors (Lipinski definition) is 2. The first kappa shape index (κ1) is 12.7. The first-order valence-electron chi connectivity index (χ1n) is 5.64. The van der Waals surface area contributed by atoms with Crippen molar-refractivity contribution in [3.63, 3.8) is 0 Å². The minimum absolute atomic E-state index is 0.0126. The van der Waals surface area contributed by atoms with Crippen LogP contribution in [0.4, 0.5) is 5.69 Å². The summed E-state index contributed by atoms with van der Waals surface area (Å²) in [7, 11) is 0. The zero-order valence-electron chi connectivity index (χ0n) is 10.2. The number of carbonyl (C=O) groups excluding carboxylic acids is 1. The number of hydrogen-bond donors (Lipinski definition) is 0. The molecule has 0 fully saturated rings. The quantitative estimate of drug-likeness (QED) is 0.764. The van der Waals surface area contributed by atoms with Gasteiger partial charge in [0.15, 0.2) is 0 Å². The van der Waals surface area contributed by atoms with Gasteiger partial charge in [-0.15, -0.1) is 0 Å². The smallest absolute Gasteiger partial charge is 0.252 e. The molecule has 0 aliphatic rings. The molecule has 0 unspecified atom stereocenters. The maximum atomic E-state index is 11.9. The minimum atomic E-state index is 0.0126. The standard InChI is InChI=1S/C13H19NO2/c1-4-14(13(15)10-16-5-2)12-9-7-6-8-11(12)3/h6-9H,4-5,10H2,1-3H3.